The van der Waals surface area contributed by atoms with Gasteiger partial charge in [-0.15, -0.1) is 11.3 Å². The molecule has 0 radical (unpaired) electrons. The molecule has 1 amide bonds. The summed E-state index contributed by atoms with van der Waals surface area (Å²) in [7, 11) is 3.96. The van der Waals surface area contributed by atoms with Gasteiger partial charge in [0, 0.05) is 38.0 Å². The molecule has 1 saturated heterocycles. The molecule has 1 aromatic heterocycles. The maximum atomic E-state index is 12.1. The van der Waals surface area contributed by atoms with Gasteiger partial charge < -0.3 is 14.5 Å². The van der Waals surface area contributed by atoms with Crippen LogP contribution >= 0.6 is 11.3 Å². The molecule has 0 saturated carbocycles. The SMILES string of the molecule is CN1CCOC(CN(C)C(=O)CCc2cccs2)C1. The van der Waals surface area contributed by atoms with E-state index in [4.69, 9.17) is 4.74 Å². The standard InChI is InChI=1S/C14H22N2O2S/c1-15-7-8-18-12(10-15)11-16(2)14(17)6-5-13-4-3-9-19-13/h3-4,9,12H,5-8,10-11H2,1-2H3. The van der Waals surface area contributed by atoms with Gasteiger partial charge in [-0.25, -0.2) is 0 Å². The maximum Gasteiger partial charge on any atom is 0.222 e. The van der Waals surface area contributed by atoms with Gasteiger partial charge in [0.15, 0.2) is 0 Å². The van der Waals surface area contributed by atoms with Gasteiger partial charge in [-0.05, 0) is 24.9 Å². The number of carbonyl (C=O) groups is 1. The van der Waals surface area contributed by atoms with Crippen LogP contribution in [-0.2, 0) is 16.0 Å². The summed E-state index contributed by atoms with van der Waals surface area (Å²) in [4.78, 5) is 17.4. The van der Waals surface area contributed by atoms with Gasteiger partial charge in [0.1, 0.15) is 0 Å². The van der Waals surface area contributed by atoms with E-state index in [1.54, 1.807) is 16.2 Å². The molecule has 4 nitrogen and oxygen atoms in total. The second kappa shape index (κ2) is 7.03. The lowest BCUT2D eigenvalue weighted by Gasteiger charge is -2.32. The van der Waals surface area contributed by atoms with E-state index >= 15 is 0 Å². The van der Waals surface area contributed by atoms with Crippen LogP contribution < -0.4 is 0 Å². The average molecular weight is 282 g/mol. The monoisotopic (exact) mass is 282 g/mol. The topological polar surface area (TPSA) is 32.8 Å². The third kappa shape index (κ3) is 4.60. The summed E-state index contributed by atoms with van der Waals surface area (Å²) in [6.45, 7) is 3.33. The zero-order chi connectivity index (χ0) is 13.7. The van der Waals surface area contributed by atoms with Crippen molar-refractivity contribution < 1.29 is 9.53 Å². The van der Waals surface area contributed by atoms with E-state index in [1.165, 1.54) is 4.88 Å². The van der Waals surface area contributed by atoms with Crippen molar-refractivity contribution in [3.8, 4) is 0 Å². The van der Waals surface area contributed by atoms with E-state index in [1.807, 2.05) is 13.1 Å². The summed E-state index contributed by atoms with van der Waals surface area (Å²) in [6.07, 6.45) is 1.57. The molecule has 0 aromatic carbocycles. The molecule has 19 heavy (non-hydrogen) atoms. The Balaban J connectivity index is 1.72. The van der Waals surface area contributed by atoms with Crippen LogP contribution in [0.3, 0.4) is 0 Å². The summed E-state index contributed by atoms with van der Waals surface area (Å²) < 4.78 is 5.69. The lowest BCUT2D eigenvalue weighted by Crippen LogP contribution is -2.46. The molecule has 1 atom stereocenters. The number of hydrogen-bond donors (Lipinski definition) is 0. The van der Waals surface area contributed by atoms with Crippen molar-refractivity contribution in [2.45, 2.75) is 18.9 Å². The number of carbonyl (C=O) groups excluding carboxylic acids is 1. The minimum absolute atomic E-state index is 0.148. The van der Waals surface area contributed by atoms with E-state index in [-0.39, 0.29) is 12.0 Å². The number of amides is 1. The number of aryl methyl sites for hydroxylation is 1. The van der Waals surface area contributed by atoms with E-state index < -0.39 is 0 Å². The quantitative estimate of drug-likeness (QED) is 0.820. The Morgan fingerprint density at radius 2 is 2.47 bits per heavy atom. The van der Waals surface area contributed by atoms with Gasteiger partial charge in [-0.3, -0.25) is 4.79 Å². The molecule has 0 N–H and O–H groups in total. The Morgan fingerprint density at radius 1 is 1.63 bits per heavy atom. The van der Waals surface area contributed by atoms with Crippen LogP contribution in [0.2, 0.25) is 0 Å². The number of nitrogens with zero attached hydrogens (tertiary/aromatic N) is 2. The van der Waals surface area contributed by atoms with Crippen LogP contribution in [0.15, 0.2) is 17.5 Å². The van der Waals surface area contributed by atoms with Gasteiger partial charge in [-0.1, -0.05) is 6.07 Å². The zero-order valence-electron chi connectivity index (χ0n) is 11.7. The zero-order valence-corrected chi connectivity index (χ0v) is 12.5. The van der Waals surface area contributed by atoms with Gasteiger partial charge in [0.2, 0.25) is 5.91 Å². The van der Waals surface area contributed by atoms with E-state index in [0.29, 0.717) is 13.0 Å². The number of morpholine rings is 1. The van der Waals surface area contributed by atoms with Crippen molar-refractivity contribution in [1.82, 2.24) is 9.80 Å². The molecule has 2 heterocycles. The molecule has 1 unspecified atom stereocenters. The van der Waals surface area contributed by atoms with E-state index in [9.17, 15) is 4.79 Å². The molecule has 5 heteroatoms. The predicted molar refractivity (Wildman–Crippen MR) is 77.5 cm³/mol. The van der Waals surface area contributed by atoms with Crippen molar-refractivity contribution in [3.05, 3.63) is 22.4 Å². The van der Waals surface area contributed by atoms with Gasteiger partial charge in [-0.2, -0.15) is 0 Å². The summed E-state index contributed by atoms with van der Waals surface area (Å²) in [5.41, 5.74) is 0. The fraction of sp³-hybridized carbons (Fsp3) is 0.643. The van der Waals surface area contributed by atoms with Crippen molar-refractivity contribution in [2.75, 3.05) is 40.3 Å². The Labute approximate surface area is 119 Å². The highest BCUT2D eigenvalue weighted by Crippen LogP contribution is 2.12. The summed E-state index contributed by atoms with van der Waals surface area (Å²) >= 11 is 1.71. The smallest absolute Gasteiger partial charge is 0.222 e. The molecular formula is C14H22N2O2S. The number of rotatable bonds is 5. The highest BCUT2D eigenvalue weighted by Gasteiger charge is 2.21. The van der Waals surface area contributed by atoms with Crippen molar-refractivity contribution in [1.29, 1.82) is 0 Å². The third-order valence-electron chi connectivity index (χ3n) is 3.41. The van der Waals surface area contributed by atoms with Crippen molar-refractivity contribution in [3.63, 3.8) is 0 Å². The lowest BCUT2D eigenvalue weighted by molar-refractivity contribution is -0.132. The summed E-state index contributed by atoms with van der Waals surface area (Å²) in [6, 6.07) is 4.11. The largest absolute Gasteiger partial charge is 0.374 e. The Hall–Kier alpha value is -0.910. The van der Waals surface area contributed by atoms with Crippen LogP contribution in [0.1, 0.15) is 11.3 Å². The summed E-state index contributed by atoms with van der Waals surface area (Å²) in [5.74, 6) is 0.199. The molecule has 106 valence electrons. The average Bonchev–Trinajstić information content (AvgIpc) is 2.89. The first kappa shape index (κ1) is 14.5. The second-order valence-corrected chi connectivity index (χ2v) is 6.14. The van der Waals surface area contributed by atoms with Crippen LogP contribution in [-0.4, -0.2) is 62.1 Å². The molecule has 0 spiro atoms. The molecular weight excluding hydrogens is 260 g/mol. The van der Waals surface area contributed by atoms with Crippen molar-refractivity contribution >= 4 is 17.2 Å². The second-order valence-electron chi connectivity index (χ2n) is 5.11. The first-order chi connectivity index (χ1) is 9.15. The number of hydrogen-bond acceptors (Lipinski definition) is 4. The molecule has 1 fully saturated rings. The molecule has 1 aliphatic heterocycles. The Bertz CT molecular complexity index is 394. The van der Waals surface area contributed by atoms with E-state index in [0.717, 1.165) is 26.1 Å². The fourth-order valence-electron chi connectivity index (χ4n) is 2.26. The minimum atomic E-state index is 0.148. The fourth-order valence-corrected chi connectivity index (χ4v) is 2.97. The Morgan fingerprint density at radius 3 is 3.16 bits per heavy atom. The van der Waals surface area contributed by atoms with E-state index in [2.05, 4.69) is 23.4 Å². The number of thiophene rings is 1. The lowest BCUT2D eigenvalue weighted by atomic mass is 10.2. The molecule has 2 rings (SSSR count). The number of ether oxygens (including phenoxy) is 1. The first-order valence-corrected chi connectivity index (χ1v) is 7.59. The van der Waals surface area contributed by atoms with Gasteiger partial charge in [0.05, 0.1) is 12.7 Å². The molecule has 1 aromatic rings. The summed E-state index contributed by atoms with van der Waals surface area (Å²) in [5, 5.41) is 2.05. The molecule has 0 aliphatic carbocycles. The van der Waals surface area contributed by atoms with Crippen LogP contribution in [0.5, 0.6) is 0 Å². The Kier molecular flexibility index (Phi) is 5.36. The highest BCUT2D eigenvalue weighted by molar-refractivity contribution is 7.09. The van der Waals surface area contributed by atoms with Gasteiger partial charge in [0.25, 0.3) is 0 Å². The normalized spacial score (nSPS) is 20.4. The number of likely N-dealkylation sites (N-methyl/N-ethyl adjacent to an activating group) is 2. The van der Waals surface area contributed by atoms with Crippen LogP contribution in [0.25, 0.3) is 0 Å². The first-order valence-electron chi connectivity index (χ1n) is 6.71. The van der Waals surface area contributed by atoms with Crippen molar-refractivity contribution in [2.24, 2.45) is 0 Å². The van der Waals surface area contributed by atoms with Crippen LogP contribution in [0, 0.1) is 0 Å². The maximum absolute atomic E-state index is 12.1. The van der Waals surface area contributed by atoms with Gasteiger partial charge >= 0.3 is 0 Å². The minimum Gasteiger partial charge on any atom is -0.374 e. The molecule has 0 bridgehead atoms. The third-order valence-corrected chi connectivity index (χ3v) is 4.35. The highest BCUT2D eigenvalue weighted by atomic mass is 32.1. The van der Waals surface area contributed by atoms with Crippen LogP contribution in [0.4, 0.5) is 0 Å². The molecule has 1 aliphatic rings. The predicted octanol–water partition coefficient (Wildman–Crippen LogP) is 1.47.